The van der Waals surface area contributed by atoms with Crippen LogP contribution in [0.5, 0.6) is 0 Å². The molecule has 1 fully saturated rings. The maximum absolute atomic E-state index is 4.63. The highest BCUT2D eigenvalue weighted by Crippen LogP contribution is 2.39. The molecule has 1 aliphatic rings. The van der Waals surface area contributed by atoms with Gasteiger partial charge >= 0.3 is 0 Å². The van der Waals surface area contributed by atoms with Crippen LogP contribution in [0.3, 0.4) is 0 Å². The van der Waals surface area contributed by atoms with Gasteiger partial charge in [-0.25, -0.2) is 9.97 Å². The van der Waals surface area contributed by atoms with Crippen molar-refractivity contribution in [3.8, 4) is 0 Å². The quantitative estimate of drug-likeness (QED) is 0.854. The van der Waals surface area contributed by atoms with Crippen LogP contribution in [0.2, 0.25) is 0 Å². The summed E-state index contributed by atoms with van der Waals surface area (Å²) in [6.45, 7) is 0. The highest BCUT2D eigenvalue weighted by Gasteiger charge is 2.27. The van der Waals surface area contributed by atoms with E-state index >= 15 is 0 Å². The molecule has 3 rings (SSSR count). The molecule has 0 unspecified atom stereocenters. The topological polar surface area (TPSA) is 50.7 Å². The first kappa shape index (κ1) is 11.5. The van der Waals surface area contributed by atoms with Crippen molar-refractivity contribution in [3.63, 3.8) is 0 Å². The number of nitrogens with one attached hydrogen (secondary N) is 1. The first-order valence-corrected chi connectivity index (χ1v) is 6.81. The van der Waals surface area contributed by atoms with E-state index in [9.17, 15) is 0 Å². The second-order valence-electron chi connectivity index (χ2n) is 4.26. The molecular weight excluding hydrogens is 244 g/mol. The summed E-state index contributed by atoms with van der Waals surface area (Å²) >= 11 is 1.65. The van der Waals surface area contributed by atoms with E-state index in [1.807, 2.05) is 25.2 Å². The van der Waals surface area contributed by atoms with Crippen molar-refractivity contribution in [2.75, 3.05) is 12.4 Å². The monoisotopic (exact) mass is 258 g/mol. The molecule has 2 aromatic rings. The zero-order valence-electron chi connectivity index (χ0n) is 10.1. The third kappa shape index (κ3) is 2.61. The molecule has 0 aromatic carbocycles. The van der Waals surface area contributed by atoms with Crippen LogP contribution in [-0.2, 0) is 0 Å². The van der Waals surface area contributed by atoms with E-state index in [1.54, 1.807) is 24.2 Å². The van der Waals surface area contributed by atoms with Crippen LogP contribution in [0, 0.1) is 0 Å². The van der Waals surface area contributed by atoms with Gasteiger partial charge in [-0.1, -0.05) is 11.8 Å². The first-order chi connectivity index (χ1) is 8.85. The fourth-order valence-corrected chi connectivity index (χ4v) is 2.48. The summed E-state index contributed by atoms with van der Waals surface area (Å²) in [6, 6.07) is 5.96. The van der Waals surface area contributed by atoms with Crippen molar-refractivity contribution in [3.05, 3.63) is 36.4 Å². The fourth-order valence-electron chi connectivity index (χ4n) is 1.67. The molecule has 18 heavy (non-hydrogen) atoms. The van der Waals surface area contributed by atoms with E-state index in [2.05, 4.69) is 20.3 Å². The van der Waals surface area contributed by atoms with Gasteiger partial charge in [0.25, 0.3) is 0 Å². The summed E-state index contributed by atoms with van der Waals surface area (Å²) < 4.78 is 0. The van der Waals surface area contributed by atoms with E-state index in [0.717, 1.165) is 21.6 Å². The van der Waals surface area contributed by atoms with Gasteiger partial charge < -0.3 is 5.32 Å². The smallest absolute Gasteiger partial charge is 0.135 e. The average molecular weight is 258 g/mol. The number of rotatable bonds is 4. The number of pyridine rings is 1. The van der Waals surface area contributed by atoms with Crippen molar-refractivity contribution >= 4 is 17.6 Å². The van der Waals surface area contributed by atoms with Gasteiger partial charge in [-0.05, 0) is 25.0 Å². The van der Waals surface area contributed by atoms with E-state index in [-0.39, 0.29) is 0 Å². The van der Waals surface area contributed by atoms with Crippen molar-refractivity contribution < 1.29 is 0 Å². The molecule has 0 radical (unpaired) electrons. The maximum Gasteiger partial charge on any atom is 0.135 e. The Labute approximate surface area is 110 Å². The molecule has 0 amide bonds. The number of hydrogen-bond acceptors (Lipinski definition) is 5. The minimum atomic E-state index is 0.565. The van der Waals surface area contributed by atoms with Crippen LogP contribution in [0.15, 0.2) is 40.5 Å². The van der Waals surface area contributed by atoms with Crippen LogP contribution in [0.25, 0.3) is 0 Å². The van der Waals surface area contributed by atoms with Gasteiger partial charge in [-0.15, -0.1) is 0 Å². The zero-order chi connectivity index (χ0) is 12.4. The summed E-state index contributed by atoms with van der Waals surface area (Å²) in [5.41, 5.74) is 0. The number of anilines is 1. The number of hydrogen-bond donors (Lipinski definition) is 1. The number of aromatic nitrogens is 3. The predicted octanol–water partition coefficient (Wildman–Crippen LogP) is 2.94. The highest BCUT2D eigenvalue weighted by molar-refractivity contribution is 7.99. The Balaban J connectivity index is 1.88. The molecule has 0 spiro atoms. The second kappa shape index (κ2) is 4.94. The standard InChI is InChI=1S/C13H14N4S/c1-14-11-8-12(17-13(16-11)9-2-3-9)18-10-4-6-15-7-5-10/h4-9H,2-3H2,1H3,(H,14,16,17). The molecule has 5 heteroatoms. The largest absolute Gasteiger partial charge is 0.373 e. The Morgan fingerprint density at radius 1 is 1.22 bits per heavy atom. The van der Waals surface area contributed by atoms with Gasteiger partial charge in [-0.2, -0.15) is 0 Å². The van der Waals surface area contributed by atoms with Crippen LogP contribution in [-0.4, -0.2) is 22.0 Å². The molecule has 4 nitrogen and oxygen atoms in total. The van der Waals surface area contributed by atoms with Crippen LogP contribution in [0.4, 0.5) is 5.82 Å². The lowest BCUT2D eigenvalue weighted by atomic mass is 10.4. The van der Waals surface area contributed by atoms with Crippen molar-refractivity contribution in [2.24, 2.45) is 0 Å². The third-order valence-corrected chi connectivity index (χ3v) is 3.72. The van der Waals surface area contributed by atoms with Crippen LogP contribution >= 0.6 is 11.8 Å². The molecule has 1 aliphatic carbocycles. The first-order valence-electron chi connectivity index (χ1n) is 6.00. The van der Waals surface area contributed by atoms with E-state index in [1.165, 1.54) is 12.8 Å². The number of nitrogens with zero attached hydrogens (tertiary/aromatic N) is 3. The van der Waals surface area contributed by atoms with E-state index in [0.29, 0.717) is 5.92 Å². The molecule has 0 atom stereocenters. The van der Waals surface area contributed by atoms with Gasteiger partial charge in [0.1, 0.15) is 16.7 Å². The molecule has 92 valence electrons. The third-order valence-electron chi connectivity index (χ3n) is 2.79. The lowest BCUT2D eigenvalue weighted by Crippen LogP contribution is -2.00. The van der Waals surface area contributed by atoms with E-state index in [4.69, 9.17) is 0 Å². The molecule has 0 bridgehead atoms. The minimum absolute atomic E-state index is 0.565. The molecule has 2 aromatic heterocycles. The normalized spacial score (nSPS) is 14.5. The van der Waals surface area contributed by atoms with Gasteiger partial charge in [0, 0.05) is 36.3 Å². The van der Waals surface area contributed by atoms with E-state index < -0.39 is 0 Å². The lowest BCUT2D eigenvalue weighted by molar-refractivity contribution is 0.880. The van der Waals surface area contributed by atoms with Crippen molar-refractivity contribution in [2.45, 2.75) is 28.7 Å². The Kier molecular flexibility index (Phi) is 3.15. The zero-order valence-corrected chi connectivity index (χ0v) is 10.9. The molecular formula is C13H14N4S. The highest BCUT2D eigenvalue weighted by atomic mass is 32.2. The fraction of sp³-hybridized carbons (Fsp3) is 0.308. The lowest BCUT2D eigenvalue weighted by Gasteiger charge is -2.06. The molecule has 1 saturated carbocycles. The molecule has 0 saturated heterocycles. The molecule has 0 aliphatic heterocycles. The van der Waals surface area contributed by atoms with Gasteiger partial charge in [-0.3, -0.25) is 4.98 Å². The average Bonchev–Trinajstić information content (AvgIpc) is 3.24. The van der Waals surface area contributed by atoms with Gasteiger partial charge in [0.15, 0.2) is 0 Å². The van der Waals surface area contributed by atoms with Crippen molar-refractivity contribution in [1.82, 2.24) is 15.0 Å². The predicted molar refractivity (Wildman–Crippen MR) is 71.9 cm³/mol. The van der Waals surface area contributed by atoms with Crippen LogP contribution in [0.1, 0.15) is 24.6 Å². The molecule has 2 heterocycles. The summed E-state index contributed by atoms with van der Waals surface area (Å²) in [6.07, 6.45) is 6.02. The Bertz CT molecular complexity index is 540. The van der Waals surface area contributed by atoms with Crippen molar-refractivity contribution in [1.29, 1.82) is 0 Å². The maximum atomic E-state index is 4.63. The SMILES string of the molecule is CNc1cc(Sc2ccncc2)nc(C2CC2)n1. The Morgan fingerprint density at radius 3 is 2.67 bits per heavy atom. The second-order valence-corrected chi connectivity index (χ2v) is 5.35. The summed E-state index contributed by atoms with van der Waals surface area (Å²) in [7, 11) is 1.89. The Morgan fingerprint density at radius 2 is 2.00 bits per heavy atom. The summed E-state index contributed by atoms with van der Waals surface area (Å²) in [4.78, 5) is 14.3. The van der Waals surface area contributed by atoms with Gasteiger partial charge in [0.05, 0.1) is 0 Å². The Hall–Kier alpha value is -1.62. The minimum Gasteiger partial charge on any atom is -0.373 e. The molecule has 1 N–H and O–H groups in total. The van der Waals surface area contributed by atoms with Gasteiger partial charge in [0.2, 0.25) is 0 Å². The van der Waals surface area contributed by atoms with Crippen LogP contribution < -0.4 is 5.32 Å². The summed E-state index contributed by atoms with van der Waals surface area (Å²) in [5.74, 6) is 2.43. The summed E-state index contributed by atoms with van der Waals surface area (Å²) in [5, 5.41) is 4.09.